The van der Waals surface area contributed by atoms with Crippen LogP contribution in [0, 0.1) is 6.92 Å². The van der Waals surface area contributed by atoms with E-state index in [1.165, 1.54) is 11.9 Å². The smallest absolute Gasteiger partial charge is 0.164 e. The van der Waals surface area contributed by atoms with Crippen LogP contribution in [0.3, 0.4) is 0 Å². The molecule has 0 spiro atoms. The van der Waals surface area contributed by atoms with Crippen LogP contribution in [0.4, 0.5) is 5.82 Å². The first-order chi connectivity index (χ1) is 14.4. The predicted octanol–water partition coefficient (Wildman–Crippen LogP) is 3.52. The summed E-state index contributed by atoms with van der Waals surface area (Å²) in [5, 5.41) is 5.64. The molecular weight excluding hydrogens is 374 g/mol. The lowest BCUT2D eigenvalue weighted by Gasteiger charge is -2.24. The van der Waals surface area contributed by atoms with E-state index < -0.39 is 5.54 Å². The minimum absolute atomic E-state index is 0.407. The molecule has 0 aliphatic carbocycles. The molecule has 152 valence electrons. The lowest BCUT2D eigenvalue weighted by molar-refractivity contribution is 0.341. The van der Waals surface area contributed by atoms with Gasteiger partial charge in [0.05, 0.1) is 17.5 Å². The third-order valence-corrected chi connectivity index (χ3v) is 5.10. The molecule has 2 aromatic heterocycles. The number of anilines is 1. The summed E-state index contributed by atoms with van der Waals surface area (Å²) < 4.78 is 1.87. The van der Waals surface area contributed by atoms with Crippen molar-refractivity contribution in [1.82, 2.24) is 19.7 Å². The third-order valence-electron chi connectivity index (χ3n) is 5.10. The molecule has 0 bridgehead atoms. The lowest BCUT2D eigenvalue weighted by Crippen LogP contribution is -2.32. The summed E-state index contributed by atoms with van der Waals surface area (Å²) in [6.45, 7) is 6.59. The molecule has 7 nitrogen and oxygen atoms in total. The maximum absolute atomic E-state index is 6.23. The molecule has 0 saturated heterocycles. The Labute approximate surface area is 175 Å². The normalized spacial score (nSPS) is 12.4. The van der Waals surface area contributed by atoms with E-state index in [2.05, 4.69) is 47.9 Å². The summed E-state index contributed by atoms with van der Waals surface area (Å²) >= 11 is 0. The van der Waals surface area contributed by atoms with E-state index in [1.807, 2.05) is 47.1 Å². The zero-order chi connectivity index (χ0) is 21.3. The van der Waals surface area contributed by atoms with E-state index in [9.17, 15) is 0 Å². The number of aliphatic imine (C=N–C) groups is 1. The van der Waals surface area contributed by atoms with Gasteiger partial charge in [-0.2, -0.15) is 5.10 Å². The standard InChI is InChI=1S/C23H25N7/c1-15-9-11-16(12-10-15)19-18-21(25)27-14-28-22(18)30(29-19)23(2,3)13-26-20(24)17-7-5-4-6-8-17/h4-12,14H,13H2,1-3H3,(H2,24,26)(H2,25,27,28). The molecule has 30 heavy (non-hydrogen) atoms. The molecule has 0 amide bonds. The highest BCUT2D eigenvalue weighted by Gasteiger charge is 2.27. The second kappa shape index (κ2) is 7.59. The topological polar surface area (TPSA) is 108 Å². The Morgan fingerprint density at radius 3 is 2.43 bits per heavy atom. The van der Waals surface area contributed by atoms with Crippen LogP contribution in [-0.4, -0.2) is 32.1 Å². The highest BCUT2D eigenvalue weighted by Crippen LogP contribution is 2.33. The van der Waals surface area contributed by atoms with Crippen molar-refractivity contribution in [3.8, 4) is 11.3 Å². The predicted molar refractivity (Wildman–Crippen MR) is 121 cm³/mol. The Bertz CT molecular complexity index is 1210. The third kappa shape index (κ3) is 3.61. The number of hydrogen-bond acceptors (Lipinski definition) is 5. The average Bonchev–Trinajstić information content (AvgIpc) is 3.15. The van der Waals surface area contributed by atoms with Gasteiger partial charge in [0.1, 0.15) is 23.7 Å². The lowest BCUT2D eigenvalue weighted by atomic mass is 10.1. The number of rotatable bonds is 5. The molecule has 4 N–H and O–H groups in total. The fraction of sp³-hybridized carbons (Fsp3) is 0.217. The fourth-order valence-electron chi connectivity index (χ4n) is 3.36. The number of hydrogen-bond donors (Lipinski definition) is 2. The van der Waals surface area contributed by atoms with Crippen LogP contribution in [0.1, 0.15) is 25.0 Å². The molecule has 0 unspecified atom stereocenters. The second-order valence-corrected chi connectivity index (χ2v) is 7.96. The maximum atomic E-state index is 6.23. The molecule has 0 aliphatic rings. The zero-order valence-electron chi connectivity index (χ0n) is 17.4. The number of amidine groups is 1. The molecule has 0 radical (unpaired) electrons. The second-order valence-electron chi connectivity index (χ2n) is 7.96. The van der Waals surface area contributed by atoms with Gasteiger partial charge < -0.3 is 11.5 Å². The quantitative estimate of drug-likeness (QED) is 0.394. The van der Waals surface area contributed by atoms with Crippen molar-refractivity contribution in [3.05, 3.63) is 72.1 Å². The van der Waals surface area contributed by atoms with E-state index in [4.69, 9.17) is 16.6 Å². The molecule has 2 heterocycles. The number of nitrogens with two attached hydrogens (primary N) is 2. The summed E-state index contributed by atoms with van der Waals surface area (Å²) in [5.74, 6) is 0.901. The average molecular weight is 400 g/mol. The van der Waals surface area contributed by atoms with Crippen LogP contribution < -0.4 is 11.5 Å². The van der Waals surface area contributed by atoms with Crippen LogP contribution in [0.5, 0.6) is 0 Å². The van der Waals surface area contributed by atoms with Crippen LogP contribution in [0.15, 0.2) is 65.9 Å². The van der Waals surface area contributed by atoms with Crippen molar-refractivity contribution in [1.29, 1.82) is 0 Å². The Hall–Kier alpha value is -3.74. The van der Waals surface area contributed by atoms with Crippen LogP contribution >= 0.6 is 0 Å². The van der Waals surface area contributed by atoms with Gasteiger partial charge in [0.25, 0.3) is 0 Å². The largest absolute Gasteiger partial charge is 0.384 e. The monoisotopic (exact) mass is 399 g/mol. The minimum atomic E-state index is -0.485. The van der Waals surface area contributed by atoms with Gasteiger partial charge in [-0.25, -0.2) is 14.6 Å². The SMILES string of the molecule is Cc1ccc(-c2nn(C(C)(C)CN=C(N)c3ccccc3)c3ncnc(N)c23)cc1. The molecule has 7 heteroatoms. The first kappa shape index (κ1) is 19.6. The number of benzene rings is 2. The van der Waals surface area contributed by atoms with Gasteiger partial charge in [-0.15, -0.1) is 0 Å². The zero-order valence-corrected chi connectivity index (χ0v) is 17.4. The summed E-state index contributed by atoms with van der Waals surface area (Å²) in [6, 6.07) is 17.9. The highest BCUT2D eigenvalue weighted by molar-refractivity contribution is 5.98. The maximum Gasteiger partial charge on any atom is 0.164 e. The molecule has 4 aromatic rings. The highest BCUT2D eigenvalue weighted by atomic mass is 15.4. The molecule has 0 saturated carbocycles. The van der Waals surface area contributed by atoms with E-state index in [1.54, 1.807) is 0 Å². The molecule has 4 rings (SSSR count). The van der Waals surface area contributed by atoms with Gasteiger partial charge in [0.2, 0.25) is 0 Å². The summed E-state index contributed by atoms with van der Waals surface area (Å²) in [7, 11) is 0. The summed E-state index contributed by atoms with van der Waals surface area (Å²) in [6.07, 6.45) is 1.46. The van der Waals surface area contributed by atoms with E-state index >= 15 is 0 Å². The van der Waals surface area contributed by atoms with E-state index in [0.29, 0.717) is 23.8 Å². The number of nitrogens with zero attached hydrogens (tertiary/aromatic N) is 5. The van der Waals surface area contributed by atoms with E-state index in [-0.39, 0.29) is 0 Å². The first-order valence-electron chi connectivity index (χ1n) is 9.79. The molecular formula is C23H25N7. The number of fused-ring (bicyclic) bond motifs is 1. The van der Waals surface area contributed by atoms with Crippen molar-refractivity contribution < 1.29 is 0 Å². The Morgan fingerprint density at radius 2 is 1.73 bits per heavy atom. The van der Waals surface area contributed by atoms with Gasteiger partial charge in [0, 0.05) is 11.1 Å². The molecule has 0 atom stereocenters. The number of aryl methyl sites for hydroxylation is 1. The van der Waals surface area contributed by atoms with Crippen LogP contribution in [0.25, 0.3) is 22.3 Å². The van der Waals surface area contributed by atoms with Gasteiger partial charge in [-0.3, -0.25) is 4.99 Å². The number of aromatic nitrogens is 4. The Kier molecular flexibility index (Phi) is 4.95. The van der Waals surface area contributed by atoms with Crippen molar-refractivity contribution in [2.75, 3.05) is 12.3 Å². The van der Waals surface area contributed by atoms with E-state index in [0.717, 1.165) is 22.2 Å². The Morgan fingerprint density at radius 1 is 1.03 bits per heavy atom. The molecule has 0 fully saturated rings. The van der Waals surface area contributed by atoms with Gasteiger partial charge in [-0.05, 0) is 20.8 Å². The molecule has 2 aromatic carbocycles. The van der Waals surface area contributed by atoms with Crippen LogP contribution in [0.2, 0.25) is 0 Å². The fourth-order valence-corrected chi connectivity index (χ4v) is 3.36. The summed E-state index contributed by atoms with van der Waals surface area (Å²) in [5.41, 5.74) is 16.4. The van der Waals surface area contributed by atoms with Gasteiger partial charge >= 0.3 is 0 Å². The van der Waals surface area contributed by atoms with Crippen molar-refractivity contribution in [3.63, 3.8) is 0 Å². The minimum Gasteiger partial charge on any atom is -0.384 e. The van der Waals surface area contributed by atoms with Crippen molar-refractivity contribution in [2.45, 2.75) is 26.3 Å². The summed E-state index contributed by atoms with van der Waals surface area (Å²) in [4.78, 5) is 13.3. The number of nitrogen functional groups attached to an aromatic ring is 1. The van der Waals surface area contributed by atoms with Gasteiger partial charge in [-0.1, -0.05) is 60.2 Å². The Balaban J connectivity index is 1.78. The van der Waals surface area contributed by atoms with Gasteiger partial charge in [0.15, 0.2) is 5.65 Å². The van der Waals surface area contributed by atoms with Crippen LogP contribution in [-0.2, 0) is 5.54 Å². The molecule has 0 aliphatic heterocycles. The van der Waals surface area contributed by atoms with Crippen molar-refractivity contribution in [2.24, 2.45) is 10.7 Å². The van der Waals surface area contributed by atoms with Crippen molar-refractivity contribution >= 4 is 22.7 Å². The first-order valence-corrected chi connectivity index (χ1v) is 9.79.